The summed E-state index contributed by atoms with van der Waals surface area (Å²) >= 11 is 0. The molecule has 1 heterocycles. The molecule has 3 nitrogen and oxygen atoms in total. The van der Waals surface area contributed by atoms with E-state index in [1.165, 1.54) is 6.42 Å². The molecule has 0 spiro atoms. The molecule has 0 aromatic carbocycles. The third-order valence-electron chi connectivity index (χ3n) is 3.59. The van der Waals surface area contributed by atoms with Gasteiger partial charge in [0.05, 0.1) is 12.7 Å². The lowest BCUT2D eigenvalue weighted by Gasteiger charge is -2.25. The average molecular weight is 210 g/mol. The summed E-state index contributed by atoms with van der Waals surface area (Å²) < 4.78 is 0. The van der Waals surface area contributed by atoms with Crippen molar-refractivity contribution in [2.24, 2.45) is 17.8 Å². The molecule has 2 rings (SSSR count). The number of amides is 1. The van der Waals surface area contributed by atoms with E-state index in [0.717, 1.165) is 24.8 Å². The van der Waals surface area contributed by atoms with E-state index < -0.39 is 0 Å². The van der Waals surface area contributed by atoms with Crippen molar-refractivity contribution >= 4 is 5.91 Å². The Hall–Kier alpha value is -0.570. The Bertz CT molecular complexity index is 252. The van der Waals surface area contributed by atoms with Gasteiger partial charge in [0.2, 0.25) is 5.91 Å². The van der Waals surface area contributed by atoms with E-state index >= 15 is 0 Å². The van der Waals surface area contributed by atoms with E-state index in [2.05, 4.69) is 31.0 Å². The molecular weight excluding hydrogens is 188 g/mol. The molecule has 1 aliphatic heterocycles. The third kappa shape index (κ3) is 2.51. The Kier molecular flexibility index (Phi) is 3.01. The summed E-state index contributed by atoms with van der Waals surface area (Å²) in [5.41, 5.74) is 0. The molecule has 0 bridgehead atoms. The van der Waals surface area contributed by atoms with Crippen molar-refractivity contribution in [3.05, 3.63) is 0 Å². The predicted molar refractivity (Wildman–Crippen MR) is 60.2 cm³/mol. The van der Waals surface area contributed by atoms with Gasteiger partial charge < -0.3 is 4.90 Å². The highest BCUT2D eigenvalue weighted by Gasteiger charge is 2.39. The maximum atomic E-state index is 11.7. The molecule has 3 unspecified atom stereocenters. The van der Waals surface area contributed by atoms with Crippen LogP contribution in [0.25, 0.3) is 0 Å². The summed E-state index contributed by atoms with van der Waals surface area (Å²) in [7, 11) is 0. The number of rotatable bonds is 4. The highest BCUT2D eigenvalue weighted by Crippen LogP contribution is 2.39. The van der Waals surface area contributed by atoms with Crippen molar-refractivity contribution in [1.29, 1.82) is 0 Å². The minimum absolute atomic E-state index is 0.291. The first kappa shape index (κ1) is 10.9. The van der Waals surface area contributed by atoms with Crippen LogP contribution in [0.3, 0.4) is 0 Å². The summed E-state index contributed by atoms with van der Waals surface area (Å²) in [6, 6.07) is 0. The van der Waals surface area contributed by atoms with Crippen LogP contribution in [-0.2, 0) is 4.79 Å². The van der Waals surface area contributed by atoms with E-state index in [1.54, 1.807) is 0 Å². The molecule has 0 aromatic rings. The molecule has 0 radical (unpaired) electrons. The number of hydrogen-bond acceptors (Lipinski definition) is 2. The molecule has 2 aliphatic rings. The largest absolute Gasteiger partial charge is 0.326 e. The van der Waals surface area contributed by atoms with Crippen LogP contribution in [0, 0.1) is 17.8 Å². The molecule has 1 saturated carbocycles. The van der Waals surface area contributed by atoms with Crippen LogP contribution in [0.4, 0.5) is 0 Å². The second-order valence-electron chi connectivity index (χ2n) is 5.55. The third-order valence-corrected chi connectivity index (χ3v) is 3.59. The van der Waals surface area contributed by atoms with Crippen LogP contribution in [0.5, 0.6) is 0 Å². The highest BCUT2D eigenvalue weighted by atomic mass is 16.2. The van der Waals surface area contributed by atoms with Gasteiger partial charge in [-0.3, -0.25) is 10.1 Å². The lowest BCUT2D eigenvalue weighted by molar-refractivity contribution is -0.128. The Morgan fingerprint density at radius 3 is 2.73 bits per heavy atom. The normalized spacial score (nSPS) is 35.3. The number of nitrogens with zero attached hydrogens (tertiary/aromatic N) is 1. The molecule has 2 fully saturated rings. The molecule has 0 aromatic heterocycles. The van der Waals surface area contributed by atoms with Gasteiger partial charge >= 0.3 is 0 Å². The second-order valence-corrected chi connectivity index (χ2v) is 5.55. The quantitative estimate of drug-likeness (QED) is 0.761. The van der Waals surface area contributed by atoms with Crippen molar-refractivity contribution in [1.82, 2.24) is 10.2 Å². The van der Waals surface area contributed by atoms with Crippen LogP contribution >= 0.6 is 0 Å². The summed E-state index contributed by atoms with van der Waals surface area (Å²) in [5.74, 6) is 2.54. The molecule has 3 heteroatoms. The van der Waals surface area contributed by atoms with Crippen LogP contribution < -0.4 is 5.32 Å². The van der Waals surface area contributed by atoms with Gasteiger partial charge in [-0.25, -0.2) is 0 Å². The van der Waals surface area contributed by atoms with Crippen LogP contribution in [0.1, 0.15) is 33.6 Å². The smallest absolute Gasteiger partial charge is 0.237 e. The summed E-state index contributed by atoms with van der Waals surface area (Å²) in [6.07, 6.45) is 2.68. The minimum Gasteiger partial charge on any atom is -0.326 e. The highest BCUT2D eigenvalue weighted by molar-refractivity contribution is 5.80. The Labute approximate surface area is 92.2 Å². The van der Waals surface area contributed by atoms with E-state index in [9.17, 15) is 4.79 Å². The molecule has 1 aliphatic carbocycles. The van der Waals surface area contributed by atoms with Crippen molar-refractivity contribution < 1.29 is 4.79 Å². The summed E-state index contributed by atoms with van der Waals surface area (Å²) in [6.45, 7) is 8.21. The van der Waals surface area contributed by atoms with Gasteiger partial charge in [-0.15, -0.1) is 0 Å². The summed E-state index contributed by atoms with van der Waals surface area (Å²) in [5, 5.41) is 3.31. The van der Waals surface area contributed by atoms with Gasteiger partial charge in [0.15, 0.2) is 0 Å². The van der Waals surface area contributed by atoms with Crippen molar-refractivity contribution in [2.75, 3.05) is 13.1 Å². The number of hydrogen-bond donors (Lipinski definition) is 1. The fraction of sp³-hybridized carbons (Fsp3) is 0.917. The summed E-state index contributed by atoms with van der Waals surface area (Å²) in [4.78, 5) is 13.8. The molecule has 86 valence electrons. The topological polar surface area (TPSA) is 32.3 Å². The minimum atomic E-state index is 0.291. The molecule has 15 heavy (non-hydrogen) atoms. The van der Waals surface area contributed by atoms with Gasteiger partial charge in [0, 0.05) is 6.54 Å². The molecular formula is C12H22N2O. The van der Waals surface area contributed by atoms with Gasteiger partial charge in [-0.2, -0.15) is 0 Å². The standard InChI is InChI=1S/C12H22N2O/c1-8(2)4-11-13-6-12(15)14(11)7-10-5-9(10)3/h8-11,13H,4-7H2,1-3H3. The fourth-order valence-electron chi connectivity index (χ4n) is 2.38. The van der Waals surface area contributed by atoms with Crippen LogP contribution in [0.2, 0.25) is 0 Å². The van der Waals surface area contributed by atoms with E-state index in [1.807, 2.05) is 0 Å². The van der Waals surface area contributed by atoms with Crippen molar-refractivity contribution in [3.8, 4) is 0 Å². The zero-order chi connectivity index (χ0) is 11.0. The fourth-order valence-corrected chi connectivity index (χ4v) is 2.38. The lowest BCUT2D eigenvalue weighted by Crippen LogP contribution is -2.39. The average Bonchev–Trinajstić information content (AvgIpc) is 2.74. The maximum Gasteiger partial charge on any atom is 0.237 e. The molecule has 1 N–H and O–H groups in total. The number of carbonyl (C=O) groups is 1. The zero-order valence-corrected chi connectivity index (χ0v) is 9.99. The van der Waals surface area contributed by atoms with Crippen LogP contribution in [0.15, 0.2) is 0 Å². The van der Waals surface area contributed by atoms with Gasteiger partial charge in [0.25, 0.3) is 0 Å². The first-order valence-electron chi connectivity index (χ1n) is 6.10. The maximum absolute atomic E-state index is 11.7. The SMILES string of the molecule is CC(C)CC1NCC(=O)N1CC1CC1C. The van der Waals surface area contributed by atoms with Crippen molar-refractivity contribution in [2.45, 2.75) is 39.8 Å². The first-order valence-corrected chi connectivity index (χ1v) is 6.10. The van der Waals surface area contributed by atoms with Crippen LogP contribution in [-0.4, -0.2) is 30.1 Å². The molecule has 3 atom stereocenters. The van der Waals surface area contributed by atoms with Gasteiger partial charge in [-0.05, 0) is 30.6 Å². The zero-order valence-electron chi connectivity index (χ0n) is 9.99. The predicted octanol–water partition coefficient (Wildman–Crippen LogP) is 1.45. The van der Waals surface area contributed by atoms with Gasteiger partial charge in [0.1, 0.15) is 0 Å². The van der Waals surface area contributed by atoms with E-state index in [-0.39, 0.29) is 0 Å². The molecule has 1 saturated heterocycles. The van der Waals surface area contributed by atoms with E-state index in [0.29, 0.717) is 24.5 Å². The van der Waals surface area contributed by atoms with Gasteiger partial charge in [-0.1, -0.05) is 20.8 Å². The first-order chi connectivity index (χ1) is 7.08. The Morgan fingerprint density at radius 1 is 1.53 bits per heavy atom. The molecule has 1 amide bonds. The van der Waals surface area contributed by atoms with E-state index in [4.69, 9.17) is 0 Å². The Morgan fingerprint density at radius 2 is 2.20 bits per heavy atom. The van der Waals surface area contributed by atoms with Crippen molar-refractivity contribution in [3.63, 3.8) is 0 Å². The number of carbonyl (C=O) groups excluding carboxylic acids is 1. The number of nitrogens with one attached hydrogen (secondary N) is 1. The lowest BCUT2D eigenvalue weighted by atomic mass is 10.1. The Balaban J connectivity index is 1.89. The second kappa shape index (κ2) is 4.12. The monoisotopic (exact) mass is 210 g/mol.